The average molecular weight is 501 g/mol. The highest BCUT2D eigenvalue weighted by molar-refractivity contribution is 8.00. The van der Waals surface area contributed by atoms with E-state index in [2.05, 4.69) is 4.99 Å². The highest BCUT2D eigenvalue weighted by atomic mass is 35.5. The molecule has 2 atom stereocenters. The van der Waals surface area contributed by atoms with E-state index in [-0.39, 0.29) is 36.3 Å². The van der Waals surface area contributed by atoms with E-state index in [0.29, 0.717) is 28.6 Å². The molecule has 0 spiro atoms. The van der Waals surface area contributed by atoms with Crippen molar-refractivity contribution in [2.75, 3.05) is 25.5 Å². The summed E-state index contributed by atoms with van der Waals surface area (Å²) in [6.07, 6.45) is 1.64. The quantitative estimate of drug-likeness (QED) is 0.249. The van der Waals surface area contributed by atoms with E-state index >= 15 is 0 Å². The Morgan fingerprint density at radius 2 is 2.03 bits per heavy atom. The molecule has 1 amide bonds. The number of rotatable bonds is 7. The second kappa shape index (κ2) is 9.60. The fraction of sp³-hybridized carbons (Fsp3) is 0.292. The van der Waals surface area contributed by atoms with Gasteiger partial charge in [0.05, 0.1) is 7.11 Å². The van der Waals surface area contributed by atoms with E-state index < -0.39 is 12.0 Å². The molecule has 0 saturated carbocycles. The Hall–Kier alpha value is -3.17. The fourth-order valence-corrected chi connectivity index (χ4v) is 5.53. The Morgan fingerprint density at radius 3 is 2.79 bits per heavy atom. The Balaban J connectivity index is 1.27. The van der Waals surface area contributed by atoms with Gasteiger partial charge in [0.25, 0.3) is 5.91 Å². The highest BCUT2D eigenvalue weighted by Crippen LogP contribution is 2.42. The summed E-state index contributed by atoms with van der Waals surface area (Å²) in [7, 11) is 1.59. The number of amides is 1. The summed E-state index contributed by atoms with van der Waals surface area (Å²) in [6.45, 7) is 0.269. The van der Waals surface area contributed by atoms with Crippen molar-refractivity contribution < 1.29 is 28.5 Å². The van der Waals surface area contributed by atoms with Crippen molar-refractivity contribution in [3.05, 3.63) is 64.9 Å². The van der Waals surface area contributed by atoms with Crippen molar-refractivity contribution in [3.8, 4) is 17.2 Å². The molecule has 0 unspecified atom stereocenters. The van der Waals surface area contributed by atoms with Crippen LogP contribution >= 0.6 is 23.4 Å². The Kier molecular flexibility index (Phi) is 6.38. The van der Waals surface area contributed by atoms with E-state index in [0.717, 1.165) is 11.1 Å². The van der Waals surface area contributed by atoms with Crippen LogP contribution in [0.3, 0.4) is 0 Å². The molecular formula is C24H21ClN2O6S. The number of fused-ring (bicyclic) bond motifs is 2. The molecule has 8 nitrogen and oxygen atoms in total. The summed E-state index contributed by atoms with van der Waals surface area (Å²) in [5.74, 6) is 1.89. The average Bonchev–Trinajstić information content (AvgIpc) is 3.34. The number of halogens is 1. The normalized spacial score (nSPS) is 20.9. The molecular weight excluding hydrogens is 480 g/mol. The van der Waals surface area contributed by atoms with Crippen LogP contribution in [0.25, 0.3) is 0 Å². The van der Waals surface area contributed by atoms with Crippen molar-refractivity contribution >= 4 is 41.5 Å². The van der Waals surface area contributed by atoms with Gasteiger partial charge in [0.1, 0.15) is 23.4 Å². The van der Waals surface area contributed by atoms with Crippen LogP contribution in [0, 0.1) is 0 Å². The SMILES string of the molecule is COc1ccc(COC(=O)C2=C(CCl)CS[C@@H]3[C@H](/N=C/c4ccc5c(c4)OCO5)C(=O)N23)cc1. The number of ether oxygens (including phenoxy) is 4. The molecule has 1 saturated heterocycles. The van der Waals surface area contributed by atoms with E-state index in [1.54, 1.807) is 31.5 Å². The summed E-state index contributed by atoms with van der Waals surface area (Å²) in [4.78, 5) is 31.9. The first-order valence-electron chi connectivity index (χ1n) is 10.5. The maximum atomic E-state index is 13.0. The van der Waals surface area contributed by atoms with Gasteiger partial charge in [0, 0.05) is 17.8 Å². The molecule has 176 valence electrons. The van der Waals surface area contributed by atoms with Crippen molar-refractivity contribution in [2.24, 2.45) is 4.99 Å². The summed E-state index contributed by atoms with van der Waals surface area (Å²) < 4.78 is 21.4. The number of nitrogens with zero attached hydrogens (tertiary/aromatic N) is 2. The molecule has 2 aromatic carbocycles. The molecule has 0 N–H and O–H groups in total. The maximum Gasteiger partial charge on any atom is 0.355 e. The second-order valence-corrected chi connectivity index (χ2v) is 9.13. The molecule has 3 aliphatic rings. The minimum absolute atomic E-state index is 0.0768. The van der Waals surface area contributed by atoms with Crippen molar-refractivity contribution in [2.45, 2.75) is 18.0 Å². The van der Waals surface area contributed by atoms with E-state index in [1.165, 1.54) is 16.7 Å². The predicted octanol–water partition coefficient (Wildman–Crippen LogP) is 3.36. The van der Waals surface area contributed by atoms with Gasteiger partial charge < -0.3 is 18.9 Å². The van der Waals surface area contributed by atoms with Gasteiger partial charge in [-0.05, 0) is 47.0 Å². The molecule has 1 fully saturated rings. The lowest BCUT2D eigenvalue weighted by molar-refractivity contribution is -0.151. The van der Waals surface area contributed by atoms with Gasteiger partial charge in [0.2, 0.25) is 6.79 Å². The number of esters is 1. The molecule has 10 heteroatoms. The minimum Gasteiger partial charge on any atom is -0.497 e. The zero-order chi connectivity index (χ0) is 23.7. The first-order valence-corrected chi connectivity index (χ1v) is 12.1. The monoisotopic (exact) mass is 500 g/mol. The van der Waals surface area contributed by atoms with Crippen LogP contribution < -0.4 is 14.2 Å². The van der Waals surface area contributed by atoms with Crippen molar-refractivity contribution in [3.63, 3.8) is 0 Å². The number of hydrogen-bond donors (Lipinski definition) is 0. The third-order valence-electron chi connectivity index (χ3n) is 5.68. The molecule has 2 aromatic rings. The number of thioether (sulfide) groups is 1. The number of methoxy groups -OCH3 is 1. The Bertz CT molecular complexity index is 1180. The van der Waals surface area contributed by atoms with Crippen LogP contribution in [-0.2, 0) is 20.9 Å². The molecule has 0 aliphatic carbocycles. The fourth-order valence-electron chi connectivity index (χ4n) is 3.86. The van der Waals surface area contributed by atoms with Crippen molar-refractivity contribution in [1.29, 1.82) is 0 Å². The smallest absolute Gasteiger partial charge is 0.355 e. The minimum atomic E-state index is -0.586. The van der Waals surface area contributed by atoms with Gasteiger partial charge in [-0.15, -0.1) is 23.4 Å². The summed E-state index contributed by atoms with van der Waals surface area (Å²) >= 11 is 7.63. The van der Waals surface area contributed by atoms with Crippen LogP contribution in [0.15, 0.2) is 58.7 Å². The van der Waals surface area contributed by atoms with Crippen molar-refractivity contribution in [1.82, 2.24) is 4.90 Å². The first kappa shape index (κ1) is 22.6. The number of carbonyl (C=O) groups excluding carboxylic acids is 2. The van der Waals surface area contributed by atoms with Gasteiger partial charge in [-0.25, -0.2) is 4.79 Å². The molecule has 0 bridgehead atoms. The van der Waals surface area contributed by atoms with Crippen LogP contribution in [0.2, 0.25) is 0 Å². The molecule has 0 aromatic heterocycles. The lowest BCUT2D eigenvalue weighted by atomic mass is 10.0. The maximum absolute atomic E-state index is 13.0. The standard InChI is InChI=1S/C24H21ClN2O6S/c1-30-17-5-2-14(3-6-17)11-31-24(29)21-16(9-25)12-34-23-20(22(28)27(21)23)26-10-15-4-7-18-19(8-15)33-13-32-18/h2-8,10,20,23H,9,11-13H2,1H3/b26-10+/t20-,23-/m1/s1. The van der Waals surface area contributed by atoms with Gasteiger partial charge in [-0.3, -0.25) is 14.7 Å². The van der Waals surface area contributed by atoms with Gasteiger partial charge in [-0.1, -0.05) is 12.1 Å². The van der Waals surface area contributed by atoms with E-state index in [1.807, 2.05) is 24.3 Å². The van der Waals surface area contributed by atoms with Crippen LogP contribution in [0.1, 0.15) is 11.1 Å². The first-order chi connectivity index (χ1) is 16.6. The van der Waals surface area contributed by atoms with Gasteiger partial charge in [-0.2, -0.15) is 0 Å². The van der Waals surface area contributed by atoms with E-state index in [9.17, 15) is 9.59 Å². The van der Waals surface area contributed by atoms with Crippen LogP contribution in [0.5, 0.6) is 17.2 Å². The lowest BCUT2D eigenvalue weighted by Crippen LogP contribution is -2.64. The second-order valence-electron chi connectivity index (χ2n) is 7.76. The molecule has 3 aliphatic heterocycles. The third kappa shape index (κ3) is 4.21. The summed E-state index contributed by atoms with van der Waals surface area (Å²) in [6, 6.07) is 12.1. The van der Waals surface area contributed by atoms with E-state index in [4.69, 9.17) is 30.5 Å². The number of alkyl halides is 1. The third-order valence-corrected chi connectivity index (χ3v) is 7.33. The molecule has 5 rings (SSSR count). The predicted molar refractivity (Wildman–Crippen MR) is 128 cm³/mol. The Morgan fingerprint density at radius 1 is 1.24 bits per heavy atom. The zero-order valence-corrected chi connectivity index (χ0v) is 19.8. The molecule has 3 heterocycles. The summed E-state index contributed by atoms with van der Waals surface area (Å²) in [5, 5.41) is -0.284. The largest absolute Gasteiger partial charge is 0.497 e. The molecule has 34 heavy (non-hydrogen) atoms. The summed E-state index contributed by atoms with van der Waals surface area (Å²) in [5.41, 5.74) is 2.51. The number of hydrogen-bond acceptors (Lipinski definition) is 8. The zero-order valence-electron chi connectivity index (χ0n) is 18.2. The topological polar surface area (TPSA) is 86.7 Å². The number of aliphatic imine (C=N–C) groups is 1. The van der Waals surface area contributed by atoms with Gasteiger partial charge in [0.15, 0.2) is 17.5 Å². The number of carbonyl (C=O) groups is 2. The van der Waals surface area contributed by atoms with Gasteiger partial charge >= 0.3 is 5.97 Å². The number of β-lactam (4-membered cyclic amide) rings is 1. The van der Waals surface area contributed by atoms with Crippen LogP contribution in [0.4, 0.5) is 0 Å². The lowest BCUT2D eigenvalue weighted by Gasteiger charge is -2.48. The Labute approximate surface area is 205 Å². The van der Waals surface area contributed by atoms with Crippen LogP contribution in [-0.4, -0.2) is 59.9 Å². The number of benzene rings is 2. The molecule has 0 radical (unpaired) electrons. The highest BCUT2D eigenvalue weighted by Gasteiger charge is 2.53.